The van der Waals surface area contributed by atoms with Gasteiger partial charge in [0.1, 0.15) is 0 Å². The van der Waals surface area contributed by atoms with Crippen LogP contribution in [0.4, 0.5) is 0 Å². The van der Waals surface area contributed by atoms with E-state index < -0.39 is 16.9 Å². The van der Waals surface area contributed by atoms with Gasteiger partial charge < -0.3 is 15.5 Å². The van der Waals surface area contributed by atoms with Gasteiger partial charge in [0.15, 0.2) is 0 Å². The summed E-state index contributed by atoms with van der Waals surface area (Å²) in [6, 6.07) is 0. The SMILES string of the molecule is CCCCCCCCCCCCC/C=C/[C@@H](O)[C@@](C)(NCCCC)C(C)(O)[Si]. The first-order valence-corrected chi connectivity index (χ1v) is 12.4. The molecule has 0 rings (SSSR count). The fraction of sp³-hybridized carbons (Fsp3) is 0.917. The lowest BCUT2D eigenvalue weighted by Gasteiger charge is -2.44. The Balaban J connectivity index is 3.94. The summed E-state index contributed by atoms with van der Waals surface area (Å²) in [7, 11) is 3.39. The molecule has 3 atom stereocenters. The van der Waals surface area contributed by atoms with E-state index in [1.54, 1.807) is 6.92 Å². The molecule has 0 bridgehead atoms. The molecular weight excluding hydrogens is 362 g/mol. The molecule has 4 heteroatoms. The van der Waals surface area contributed by atoms with Gasteiger partial charge in [-0.15, -0.1) is 0 Å². The van der Waals surface area contributed by atoms with Crippen molar-refractivity contribution >= 4 is 10.2 Å². The fourth-order valence-electron chi connectivity index (χ4n) is 3.43. The Labute approximate surface area is 179 Å². The maximum absolute atomic E-state index is 10.6. The van der Waals surface area contributed by atoms with Crippen LogP contribution < -0.4 is 5.32 Å². The highest BCUT2D eigenvalue weighted by Crippen LogP contribution is 2.24. The predicted molar refractivity (Wildman–Crippen MR) is 124 cm³/mol. The van der Waals surface area contributed by atoms with Gasteiger partial charge in [-0.3, -0.25) is 0 Å². The van der Waals surface area contributed by atoms with Crippen LogP contribution in [0.15, 0.2) is 12.2 Å². The first-order chi connectivity index (χ1) is 13.3. The first-order valence-electron chi connectivity index (χ1n) is 11.9. The topological polar surface area (TPSA) is 52.5 Å². The fourth-order valence-corrected chi connectivity index (χ4v) is 3.67. The van der Waals surface area contributed by atoms with Crippen molar-refractivity contribution in [3.8, 4) is 0 Å². The molecule has 0 amide bonds. The lowest BCUT2D eigenvalue weighted by Crippen LogP contribution is -2.66. The highest BCUT2D eigenvalue weighted by atomic mass is 28.1. The largest absolute Gasteiger partial charge is 0.393 e. The Morgan fingerprint density at radius 3 is 1.75 bits per heavy atom. The molecule has 0 heterocycles. The van der Waals surface area contributed by atoms with Crippen LogP contribution in [-0.2, 0) is 0 Å². The standard InChI is InChI=1S/C24H48NO2Si/c1-5-7-9-10-11-12-13-14-15-16-17-18-19-20-22(26)23(3,24(4,27)28)25-21-8-6-2/h19-20,22,25-27H,5-18,21H2,1-4H3/b20-19+/t22-,23-,24?/m1/s1. The summed E-state index contributed by atoms with van der Waals surface area (Å²) < 4.78 is 0. The number of allylic oxidation sites excluding steroid dienone is 1. The van der Waals surface area contributed by atoms with Gasteiger partial charge >= 0.3 is 0 Å². The molecule has 0 saturated carbocycles. The minimum absolute atomic E-state index is 0.746. The van der Waals surface area contributed by atoms with Crippen molar-refractivity contribution in [3.63, 3.8) is 0 Å². The highest BCUT2D eigenvalue weighted by Gasteiger charge is 2.43. The lowest BCUT2D eigenvalue weighted by atomic mass is 9.87. The lowest BCUT2D eigenvalue weighted by molar-refractivity contribution is -0.0199. The molecular formula is C24H48NO2Si. The molecule has 1 unspecified atom stereocenters. The van der Waals surface area contributed by atoms with Crippen LogP contribution in [0.5, 0.6) is 0 Å². The van der Waals surface area contributed by atoms with Gasteiger partial charge in [0.2, 0.25) is 0 Å². The molecule has 0 aromatic carbocycles. The monoisotopic (exact) mass is 410 g/mol. The second kappa shape index (κ2) is 16.6. The molecule has 0 aliphatic carbocycles. The highest BCUT2D eigenvalue weighted by molar-refractivity contribution is 6.15. The maximum atomic E-state index is 10.6. The van der Waals surface area contributed by atoms with E-state index >= 15 is 0 Å². The second-order valence-electron chi connectivity index (χ2n) is 8.75. The van der Waals surface area contributed by atoms with Crippen molar-refractivity contribution in [2.75, 3.05) is 6.54 Å². The van der Waals surface area contributed by atoms with Crippen LogP contribution in [0, 0.1) is 0 Å². The van der Waals surface area contributed by atoms with Crippen molar-refractivity contribution in [2.24, 2.45) is 0 Å². The second-order valence-corrected chi connectivity index (χ2v) is 9.73. The molecule has 28 heavy (non-hydrogen) atoms. The van der Waals surface area contributed by atoms with Crippen LogP contribution >= 0.6 is 0 Å². The van der Waals surface area contributed by atoms with Gasteiger partial charge in [0.05, 0.1) is 27.1 Å². The van der Waals surface area contributed by atoms with Crippen LogP contribution in [0.3, 0.4) is 0 Å². The van der Waals surface area contributed by atoms with Gasteiger partial charge in [0.25, 0.3) is 0 Å². The van der Waals surface area contributed by atoms with Gasteiger partial charge in [-0.25, -0.2) is 0 Å². The average molecular weight is 411 g/mol. The number of rotatable bonds is 19. The Bertz CT molecular complexity index is 381. The van der Waals surface area contributed by atoms with Crippen LogP contribution in [-0.4, -0.2) is 43.9 Å². The molecule has 3 radical (unpaired) electrons. The molecule has 0 aliphatic heterocycles. The quantitative estimate of drug-likeness (QED) is 0.147. The summed E-state index contributed by atoms with van der Waals surface area (Å²) >= 11 is 0. The normalized spacial score (nSPS) is 17.5. The molecule has 0 fully saturated rings. The molecule has 0 saturated heterocycles. The van der Waals surface area contributed by atoms with E-state index in [0.29, 0.717) is 0 Å². The van der Waals surface area contributed by atoms with Crippen molar-refractivity contribution < 1.29 is 10.2 Å². The number of hydrogen-bond acceptors (Lipinski definition) is 3. The van der Waals surface area contributed by atoms with Crippen LogP contribution in [0.2, 0.25) is 0 Å². The summed E-state index contributed by atoms with van der Waals surface area (Å²) in [5.41, 5.74) is -0.827. The number of unbranched alkanes of at least 4 members (excludes halogenated alkanes) is 12. The summed E-state index contributed by atoms with van der Waals surface area (Å²) in [6.07, 6.45) is 21.1. The van der Waals surface area contributed by atoms with E-state index in [2.05, 4.69) is 35.5 Å². The molecule has 0 aliphatic rings. The zero-order valence-corrected chi connectivity index (χ0v) is 20.2. The zero-order chi connectivity index (χ0) is 21.3. The molecule has 0 aromatic rings. The Kier molecular flexibility index (Phi) is 16.5. The minimum atomic E-state index is -1.19. The number of aliphatic hydroxyl groups is 2. The van der Waals surface area contributed by atoms with Crippen molar-refractivity contribution in [2.45, 2.75) is 134 Å². The third kappa shape index (κ3) is 12.4. The molecule has 165 valence electrons. The maximum Gasteiger partial charge on any atom is 0.0924 e. The first kappa shape index (κ1) is 27.8. The van der Waals surface area contributed by atoms with Gasteiger partial charge in [-0.2, -0.15) is 0 Å². The molecule has 3 nitrogen and oxygen atoms in total. The average Bonchev–Trinajstić information content (AvgIpc) is 2.64. The van der Waals surface area contributed by atoms with Gasteiger partial charge in [0, 0.05) is 0 Å². The van der Waals surface area contributed by atoms with E-state index in [0.717, 1.165) is 25.8 Å². The minimum Gasteiger partial charge on any atom is -0.393 e. The van der Waals surface area contributed by atoms with E-state index in [4.69, 9.17) is 0 Å². The zero-order valence-electron chi connectivity index (χ0n) is 19.2. The number of nitrogens with one attached hydrogen (secondary N) is 1. The molecule has 0 aromatic heterocycles. The molecule has 0 spiro atoms. The summed E-state index contributed by atoms with van der Waals surface area (Å²) in [6.45, 7) is 8.73. The van der Waals surface area contributed by atoms with Crippen LogP contribution in [0.1, 0.15) is 118 Å². The predicted octanol–water partition coefficient (Wildman–Crippen LogP) is 5.63. The number of aliphatic hydroxyl groups excluding tert-OH is 1. The van der Waals surface area contributed by atoms with E-state index in [9.17, 15) is 10.2 Å². The number of hydrogen-bond donors (Lipinski definition) is 3. The van der Waals surface area contributed by atoms with Crippen LogP contribution in [0.25, 0.3) is 0 Å². The van der Waals surface area contributed by atoms with Gasteiger partial charge in [-0.1, -0.05) is 96.6 Å². The Morgan fingerprint density at radius 1 is 0.821 bits per heavy atom. The van der Waals surface area contributed by atoms with Crippen molar-refractivity contribution in [1.82, 2.24) is 5.32 Å². The van der Waals surface area contributed by atoms with E-state index in [1.165, 1.54) is 70.6 Å². The third-order valence-electron chi connectivity index (χ3n) is 5.92. The summed E-state index contributed by atoms with van der Waals surface area (Å²) in [5.74, 6) is 0. The van der Waals surface area contributed by atoms with E-state index in [1.807, 2.05) is 13.0 Å². The van der Waals surface area contributed by atoms with Crippen molar-refractivity contribution in [1.29, 1.82) is 0 Å². The smallest absolute Gasteiger partial charge is 0.0924 e. The van der Waals surface area contributed by atoms with E-state index in [-0.39, 0.29) is 0 Å². The van der Waals surface area contributed by atoms with Crippen molar-refractivity contribution in [3.05, 3.63) is 12.2 Å². The third-order valence-corrected chi connectivity index (χ3v) is 6.44. The summed E-state index contributed by atoms with van der Waals surface area (Å²) in [4.78, 5) is 0. The summed E-state index contributed by atoms with van der Waals surface area (Å²) in [5, 5.41) is 23.2. The van der Waals surface area contributed by atoms with Gasteiger partial charge in [-0.05, 0) is 39.7 Å². The Hall–Kier alpha value is -0.163. The molecule has 3 N–H and O–H groups in total. The Morgan fingerprint density at radius 2 is 1.29 bits per heavy atom.